The summed E-state index contributed by atoms with van der Waals surface area (Å²) in [6, 6.07) is 0. The van der Waals surface area contributed by atoms with Crippen LogP contribution in [0.1, 0.15) is 13.3 Å². The summed E-state index contributed by atoms with van der Waals surface area (Å²) in [6.07, 6.45) is -10.2. The van der Waals surface area contributed by atoms with Crippen LogP contribution in [-0.2, 0) is 31.6 Å². The number of aliphatic hydroxyl groups is 1. The highest BCUT2D eigenvalue weighted by molar-refractivity contribution is 7.64. The average Bonchev–Trinajstić information content (AvgIpc) is 2.50. The van der Waals surface area contributed by atoms with Crippen LogP contribution in [-0.4, -0.2) is 29.5 Å². The summed E-state index contributed by atoms with van der Waals surface area (Å²) in [5.41, 5.74) is 0. The Labute approximate surface area is 127 Å². The highest BCUT2D eigenvalue weighted by Crippen LogP contribution is 2.62. The third-order valence-electron chi connectivity index (χ3n) is 2.27. The predicted molar refractivity (Wildman–Crippen MR) is 56.0 cm³/mol. The topological polar surface area (TPSA) is 201 Å². The van der Waals surface area contributed by atoms with Gasteiger partial charge in [0.05, 0.1) is 20.0 Å². The standard InChI is InChI=1S/C6H13F2O12P3/c1-3-2-4(9)5(17-3)6(7,8)18-22(13,14)20-23(15,16)19-21(10,11)12/h3-5,9H,2H2,1H3,(H,13,14)(H,15,16)(H2,10,11,12)/p-4/t3-,4?,5-/m0/s1. The number of aliphatic hydroxyl groups excluding tert-OH is 1. The van der Waals surface area contributed by atoms with Gasteiger partial charge in [-0.2, -0.15) is 8.78 Å². The maximum atomic E-state index is 13.6. The first-order valence-electron chi connectivity index (χ1n) is 5.52. The summed E-state index contributed by atoms with van der Waals surface area (Å²) in [6.45, 7) is 1.28. The Hall–Kier alpha value is 0.190. The van der Waals surface area contributed by atoms with Crippen molar-refractivity contribution in [2.75, 3.05) is 0 Å². The van der Waals surface area contributed by atoms with E-state index in [1.807, 2.05) is 0 Å². The van der Waals surface area contributed by atoms with Gasteiger partial charge < -0.3 is 34.0 Å². The summed E-state index contributed by atoms with van der Waals surface area (Å²) in [4.78, 5) is 42.1. The van der Waals surface area contributed by atoms with Crippen LogP contribution in [0, 0.1) is 0 Å². The molecular weight excluding hydrogens is 395 g/mol. The monoisotopic (exact) mass is 404 g/mol. The van der Waals surface area contributed by atoms with Gasteiger partial charge in [-0.3, -0.25) is 18.0 Å². The molecule has 0 aromatic rings. The largest absolute Gasteiger partial charge is 0.790 e. The number of alkyl halides is 2. The van der Waals surface area contributed by atoms with E-state index in [1.165, 1.54) is 6.92 Å². The summed E-state index contributed by atoms with van der Waals surface area (Å²) in [5.74, 6) is 0. The van der Waals surface area contributed by atoms with Gasteiger partial charge in [0.2, 0.25) is 0 Å². The highest BCUT2D eigenvalue weighted by Gasteiger charge is 2.53. The van der Waals surface area contributed by atoms with Gasteiger partial charge >= 0.3 is 6.11 Å². The van der Waals surface area contributed by atoms with Gasteiger partial charge in [-0.1, -0.05) is 0 Å². The molecule has 0 saturated carbocycles. The van der Waals surface area contributed by atoms with Gasteiger partial charge in [-0.05, 0) is 6.92 Å². The number of phosphoric acid groups is 3. The average molecular weight is 404 g/mol. The molecule has 1 heterocycles. The second-order valence-electron chi connectivity index (χ2n) is 4.33. The molecule has 1 N–H and O–H groups in total. The maximum Gasteiger partial charge on any atom is 0.390 e. The Morgan fingerprint density at radius 2 is 1.65 bits per heavy atom. The van der Waals surface area contributed by atoms with Crippen LogP contribution in [0.3, 0.4) is 0 Å². The molecule has 1 aliphatic rings. The minimum absolute atomic E-state index is 0.285. The van der Waals surface area contributed by atoms with Gasteiger partial charge in [-0.15, -0.1) is 0 Å². The summed E-state index contributed by atoms with van der Waals surface area (Å²) in [7, 11) is -19.0. The molecular formula is C6H9F2O12P3-4. The van der Waals surface area contributed by atoms with Gasteiger partial charge in [0.25, 0.3) is 15.6 Å². The molecule has 3 unspecified atom stereocenters. The molecule has 0 aromatic heterocycles. The Morgan fingerprint density at radius 3 is 2.04 bits per heavy atom. The smallest absolute Gasteiger partial charge is 0.390 e. The zero-order valence-corrected chi connectivity index (χ0v) is 13.7. The van der Waals surface area contributed by atoms with E-state index < -0.39 is 47.9 Å². The minimum Gasteiger partial charge on any atom is -0.790 e. The molecule has 0 spiro atoms. The summed E-state index contributed by atoms with van der Waals surface area (Å²) >= 11 is 0. The number of phosphoric ester groups is 1. The molecule has 0 amide bonds. The van der Waals surface area contributed by atoms with Crippen LogP contribution in [0.25, 0.3) is 0 Å². The zero-order valence-electron chi connectivity index (χ0n) is 11.0. The number of hydrogen-bond donors (Lipinski definition) is 1. The molecule has 0 aliphatic carbocycles. The van der Waals surface area contributed by atoms with Crippen molar-refractivity contribution in [3.63, 3.8) is 0 Å². The third kappa shape index (κ3) is 6.91. The number of rotatable bonds is 7. The van der Waals surface area contributed by atoms with Crippen LogP contribution in [0.4, 0.5) is 8.78 Å². The van der Waals surface area contributed by atoms with Crippen molar-refractivity contribution < 1.29 is 65.0 Å². The molecule has 1 rings (SSSR count). The van der Waals surface area contributed by atoms with Gasteiger partial charge in [0.15, 0.2) is 6.10 Å². The first-order chi connectivity index (χ1) is 10.0. The van der Waals surface area contributed by atoms with Crippen molar-refractivity contribution in [3.05, 3.63) is 0 Å². The van der Waals surface area contributed by atoms with E-state index in [4.69, 9.17) is 0 Å². The second kappa shape index (κ2) is 6.83. The van der Waals surface area contributed by atoms with Crippen molar-refractivity contribution in [1.82, 2.24) is 0 Å². The Morgan fingerprint density at radius 1 is 1.13 bits per heavy atom. The van der Waals surface area contributed by atoms with E-state index in [-0.39, 0.29) is 6.42 Å². The quantitative estimate of drug-likeness (QED) is 0.455. The predicted octanol–water partition coefficient (Wildman–Crippen LogP) is -2.07. The first-order valence-corrected chi connectivity index (χ1v) is 9.90. The van der Waals surface area contributed by atoms with Crippen LogP contribution < -0.4 is 19.6 Å². The SMILES string of the molecule is C[C@H]1CC(O)[C@@H](C(F)(F)OP(=O)([O-])OP(=O)([O-])OP(=O)([O-])[O-])O1. The third-order valence-corrected chi connectivity index (χ3v) is 5.93. The molecule has 17 heteroatoms. The lowest BCUT2D eigenvalue weighted by atomic mass is 10.1. The maximum absolute atomic E-state index is 13.6. The van der Waals surface area contributed by atoms with Crippen LogP contribution in [0.5, 0.6) is 0 Å². The number of ether oxygens (including phenoxy) is 1. The minimum atomic E-state index is -6.41. The normalized spacial score (nSPS) is 31.6. The lowest BCUT2D eigenvalue weighted by Gasteiger charge is -2.38. The fraction of sp³-hybridized carbons (Fsp3) is 1.00. The Kier molecular flexibility index (Phi) is 6.31. The van der Waals surface area contributed by atoms with Crippen molar-refractivity contribution in [1.29, 1.82) is 0 Å². The summed E-state index contributed by atoms with van der Waals surface area (Å²) < 4.78 is 72.7. The van der Waals surface area contributed by atoms with E-state index in [0.29, 0.717) is 0 Å². The van der Waals surface area contributed by atoms with E-state index in [0.717, 1.165) is 0 Å². The first kappa shape index (κ1) is 21.2. The van der Waals surface area contributed by atoms with E-state index in [9.17, 15) is 47.2 Å². The fourth-order valence-electron chi connectivity index (χ4n) is 1.64. The molecule has 1 saturated heterocycles. The number of halogens is 2. The molecule has 138 valence electrons. The lowest BCUT2D eigenvalue weighted by molar-refractivity contribution is -0.339. The highest BCUT2D eigenvalue weighted by atomic mass is 31.3. The van der Waals surface area contributed by atoms with E-state index >= 15 is 0 Å². The van der Waals surface area contributed by atoms with Crippen LogP contribution >= 0.6 is 23.5 Å². The number of hydrogen-bond acceptors (Lipinski definition) is 12. The van der Waals surface area contributed by atoms with Crippen molar-refractivity contribution >= 4 is 23.5 Å². The molecule has 23 heavy (non-hydrogen) atoms. The molecule has 5 atom stereocenters. The molecule has 0 aromatic carbocycles. The Balaban J connectivity index is 2.83. The van der Waals surface area contributed by atoms with Crippen LogP contribution in [0.15, 0.2) is 0 Å². The molecule has 1 fully saturated rings. The van der Waals surface area contributed by atoms with Crippen LogP contribution in [0.2, 0.25) is 0 Å². The molecule has 1 aliphatic heterocycles. The summed E-state index contributed by atoms with van der Waals surface area (Å²) in [5, 5.41) is 9.30. The second-order valence-corrected chi connectivity index (χ2v) is 8.50. The molecule has 12 nitrogen and oxygen atoms in total. The van der Waals surface area contributed by atoms with E-state index in [2.05, 4.69) is 17.9 Å². The van der Waals surface area contributed by atoms with Gasteiger partial charge in [-0.25, -0.2) is 4.31 Å². The van der Waals surface area contributed by atoms with Gasteiger partial charge in [0.1, 0.15) is 0 Å². The van der Waals surface area contributed by atoms with Gasteiger partial charge in [0, 0.05) is 6.42 Å². The Bertz CT molecular complexity index is 575. The molecule has 0 bridgehead atoms. The van der Waals surface area contributed by atoms with Crippen molar-refractivity contribution in [2.45, 2.75) is 37.8 Å². The fourth-order valence-corrected chi connectivity index (χ4v) is 4.52. The molecule has 0 radical (unpaired) electrons. The van der Waals surface area contributed by atoms with Crippen molar-refractivity contribution in [2.24, 2.45) is 0 Å². The lowest BCUT2D eigenvalue weighted by Crippen LogP contribution is -2.43. The van der Waals surface area contributed by atoms with E-state index in [1.54, 1.807) is 0 Å². The van der Waals surface area contributed by atoms with Crippen molar-refractivity contribution in [3.8, 4) is 0 Å². The zero-order chi connectivity index (χ0) is 18.3.